The molecule has 1 aliphatic rings. The molecule has 1 heterocycles. The first-order valence-corrected chi connectivity index (χ1v) is 7.35. The average Bonchev–Trinajstić information content (AvgIpc) is 3.17. The summed E-state index contributed by atoms with van der Waals surface area (Å²) in [5, 5.41) is 21.1. The van der Waals surface area contributed by atoms with E-state index in [1.54, 1.807) is 0 Å². The molecule has 0 spiro atoms. The van der Waals surface area contributed by atoms with Crippen molar-refractivity contribution < 1.29 is 14.7 Å². The lowest BCUT2D eigenvalue weighted by Gasteiger charge is -2.00. The molecule has 2 atom stereocenters. The SMILES string of the molecule is O=C(O)[C@@H]1C[C@H]1C(=O)NCc1nnc(-c2ccccc2)s1. The first-order valence-electron chi connectivity index (χ1n) is 6.53. The number of aromatic nitrogens is 2. The highest BCUT2D eigenvalue weighted by Gasteiger charge is 2.48. The molecule has 3 rings (SSSR count). The van der Waals surface area contributed by atoms with Crippen LogP contribution < -0.4 is 5.32 Å². The van der Waals surface area contributed by atoms with E-state index in [0.717, 1.165) is 10.6 Å². The van der Waals surface area contributed by atoms with E-state index in [1.165, 1.54) is 11.3 Å². The Labute approximate surface area is 124 Å². The molecule has 2 N–H and O–H groups in total. The molecule has 2 aromatic rings. The van der Waals surface area contributed by atoms with Crippen LogP contribution in [0.3, 0.4) is 0 Å². The van der Waals surface area contributed by atoms with Gasteiger partial charge in [-0.15, -0.1) is 10.2 Å². The summed E-state index contributed by atoms with van der Waals surface area (Å²) in [6.45, 7) is 0.284. The summed E-state index contributed by atoms with van der Waals surface area (Å²) < 4.78 is 0. The molecule has 1 fully saturated rings. The summed E-state index contributed by atoms with van der Waals surface area (Å²) in [5.41, 5.74) is 0.987. The number of amides is 1. The Kier molecular flexibility index (Phi) is 3.66. The quantitative estimate of drug-likeness (QED) is 0.874. The largest absolute Gasteiger partial charge is 0.481 e. The molecule has 1 aliphatic carbocycles. The number of aliphatic carboxylic acids is 1. The van der Waals surface area contributed by atoms with Gasteiger partial charge in [-0.3, -0.25) is 9.59 Å². The Morgan fingerprint density at radius 3 is 2.67 bits per heavy atom. The molecule has 1 saturated carbocycles. The van der Waals surface area contributed by atoms with Gasteiger partial charge in [-0.05, 0) is 6.42 Å². The van der Waals surface area contributed by atoms with Gasteiger partial charge in [0.25, 0.3) is 0 Å². The zero-order valence-electron chi connectivity index (χ0n) is 11.0. The minimum atomic E-state index is -0.905. The van der Waals surface area contributed by atoms with Crippen LogP contribution in [0.4, 0.5) is 0 Å². The van der Waals surface area contributed by atoms with E-state index in [1.807, 2.05) is 30.3 Å². The van der Waals surface area contributed by atoms with Gasteiger partial charge in [0.1, 0.15) is 10.0 Å². The smallest absolute Gasteiger partial charge is 0.307 e. The number of carboxylic acid groups (broad SMARTS) is 1. The summed E-state index contributed by atoms with van der Waals surface area (Å²) in [6, 6.07) is 9.68. The molecule has 1 aromatic carbocycles. The van der Waals surface area contributed by atoms with Crippen molar-refractivity contribution in [2.45, 2.75) is 13.0 Å². The fourth-order valence-electron chi connectivity index (χ4n) is 2.07. The van der Waals surface area contributed by atoms with Crippen LogP contribution in [0.25, 0.3) is 10.6 Å². The van der Waals surface area contributed by atoms with Gasteiger partial charge < -0.3 is 10.4 Å². The molecular formula is C14H13N3O3S. The van der Waals surface area contributed by atoms with Crippen molar-refractivity contribution in [2.24, 2.45) is 11.8 Å². The standard InChI is InChI=1S/C14H13N3O3S/c18-12(9-6-10(9)14(19)20)15-7-11-16-17-13(21-11)8-4-2-1-3-5-8/h1-5,9-10H,6-7H2,(H,15,18)(H,19,20)/t9-,10-/m1/s1. The Bertz CT molecular complexity index is 671. The first-order chi connectivity index (χ1) is 10.1. The van der Waals surface area contributed by atoms with Crippen molar-refractivity contribution >= 4 is 23.2 Å². The average molecular weight is 303 g/mol. The third kappa shape index (κ3) is 3.08. The molecule has 7 heteroatoms. The third-order valence-corrected chi connectivity index (χ3v) is 4.32. The number of carboxylic acids is 1. The maximum Gasteiger partial charge on any atom is 0.307 e. The Morgan fingerprint density at radius 1 is 1.24 bits per heavy atom. The predicted molar refractivity (Wildman–Crippen MR) is 76.4 cm³/mol. The van der Waals surface area contributed by atoms with Gasteiger partial charge in [0.15, 0.2) is 0 Å². The molecule has 108 valence electrons. The van der Waals surface area contributed by atoms with Crippen LogP contribution in [-0.4, -0.2) is 27.2 Å². The van der Waals surface area contributed by atoms with Crippen LogP contribution in [0.2, 0.25) is 0 Å². The van der Waals surface area contributed by atoms with Crippen LogP contribution in [0.15, 0.2) is 30.3 Å². The minimum absolute atomic E-state index is 0.223. The fraction of sp³-hybridized carbons (Fsp3) is 0.286. The molecule has 21 heavy (non-hydrogen) atoms. The van der Waals surface area contributed by atoms with Gasteiger partial charge >= 0.3 is 5.97 Å². The predicted octanol–water partition coefficient (Wildman–Crippen LogP) is 1.54. The Balaban J connectivity index is 1.56. The van der Waals surface area contributed by atoms with Crippen LogP contribution in [0.1, 0.15) is 11.4 Å². The second-order valence-electron chi connectivity index (χ2n) is 4.87. The maximum absolute atomic E-state index is 11.8. The van der Waals surface area contributed by atoms with Crippen molar-refractivity contribution in [1.29, 1.82) is 0 Å². The number of carbonyl (C=O) groups is 2. The second-order valence-corrected chi connectivity index (χ2v) is 5.93. The van der Waals surface area contributed by atoms with E-state index >= 15 is 0 Å². The monoisotopic (exact) mass is 303 g/mol. The molecule has 0 bridgehead atoms. The lowest BCUT2D eigenvalue weighted by Crippen LogP contribution is -2.25. The van der Waals surface area contributed by atoms with Gasteiger partial charge in [-0.2, -0.15) is 0 Å². The summed E-state index contributed by atoms with van der Waals surface area (Å²) >= 11 is 1.41. The van der Waals surface area contributed by atoms with Crippen molar-refractivity contribution in [2.75, 3.05) is 0 Å². The topological polar surface area (TPSA) is 92.2 Å². The first kappa shape index (κ1) is 13.7. The van der Waals surface area contributed by atoms with Crippen molar-refractivity contribution in [3.8, 4) is 10.6 Å². The maximum atomic E-state index is 11.8. The molecule has 6 nitrogen and oxygen atoms in total. The normalized spacial score (nSPS) is 20.0. The van der Waals surface area contributed by atoms with Gasteiger partial charge in [-0.25, -0.2) is 0 Å². The second kappa shape index (κ2) is 5.61. The van der Waals surface area contributed by atoms with E-state index in [4.69, 9.17) is 5.11 Å². The summed E-state index contributed by atoms with van der Waals surface area (Å²) in [7, 11) is 0. The lowest BCUT2D eigenvalue weighted by atomic mass is 10.2. The van der Waals surface area contributed by atoms with Gasteiger partial charge in [0, 0.05) is 5.56 Å². The van der Waals surface area contributed by atoms with Gasteiger partial charge in [-0.1, -0.05) is 41.7 Å². The van der Waals surface area contributed by atoms with Crippen LogP contribution in [0, 0.1) is 11.8 Å². The molecule has 0 saturated heterocycles. The Hall–Kier alpha value is -2.28. The molecule has 0 unspecified atom stereocenters. The zero-order chi connectivity index (χ0) is 14.8. The molecule has 1 aromatic heterocycles. The number of rotatable bonds is 5. The van der Waals surface area contributed by atoms with Crippen molar-refractivity contribution in [3.05, 3.63) is 35.3 Å². The van der Waals surface area contributed by atoms with Gasteiger partial charge in [0.2, 0.25) is 5.91 Å². The zero-order valence-corrected chi connectivity index (χ0v) is 11.8. The number of nitrogens with zero attached hydrogens (tertiary/aromatic N) is 2. The highest BCUT2D eigenvalue weighted by atomic mass is 32.1. The van der Waals surface area contributed by atoms with Gasteiger partial charge in [0.05, 0.1) is 18.4 Å². The summed E-state index contributed by atoms with van der Waals surface area (Å²) in [6.07, 6.45) is 0.423. The van der Waals surface area contributed by atoms with E-state index in [0.29, 0.717) is 11.4 Å². The number of hydrogen-bond acceptors (Lipinski definition) is 5. The van der Waals surface area contributed by atoms with E-state index in [-0.39, 0.29) is 12.5 Å². The fourth-order valence-corrected chi connectivity index (χ4v) is 2.86. The Morgan fingerprint density at radius 2 is 2.00 bits per heavy atom. The highest BCUT2D eigenvalue weighted by Crippen LogP contribution is 2.38. The van der Waals surface area contributed by atoms with E-state index in [9.17, 15) is 9.59 Å². The van der Waals surface area contributed by atoms with Crippen LogP contribution >= 0.6 is 11.3 Å². The number of nitrogens with one attached hydrogen (secondary N) is 1. The molecule has 0 radical (unpaired) electrons. The molecule has 0 aliphatic heterocycles. The van der Waals surface area contributed by atoms with E-state index in [2.05, 4.69) is 15.5 Å². The van der Waals surface area contributed by atoms with Crippen molar-refractivity contribution in [1.82, 2.24) is 15.5 Å². The van der Waals surface area contributed by atoms with Crippen molar-refractivity contribution in [3.63, 3.8) is 0 Å². The minimum Gasteiger partial charge on any atom is -0.481 e. The number of benzene rings is 1. The summed E-state index contributed by atoms with van der Waals surface area (Å²) in [4.78, 5) is 22.5. The van der Waals surface area contributed by atoms with Crippen LogP contribution in [0.5, 0.6) is 0 Å². The number of hydrogen-bond donors (Lipinski definition) is 2. The van der Waals surface area contributed by atoms with E-state index < -0.39 is 17.8 Å². The molecular weight excluding hydrogens is 290 g/mol. The third-order valence-electron chi connectivity index (χ3n) is 3.35. The highest BCUT2D eigenvalue weighted by molar-refractivity contribution is 7.14. The molecule has 1 amide bonds. The summed E-state index contributed by atoms with van der Waals surface area (Å²) in [5.74, 6) is -2.06. The number of carbonyl (C=O) groups excluding carboxylic acids is 1. The van der Waals surface area contributed by atoms with Crippen LogP contribution in [-0.2, 0) is 16.1 Å². The lowest BCUT2D eigenvalue weighted by molar-refractivity contribution is -0.140.